The van der Waals surface area contributed by atoms with Crippen LogP contribution in [0.1, 0.15) is 32.8 Å². The van der Waals surface area contributed by atoms with Crippen molar-refractivity contribution >= 4 is 5.91 Å². The van der Waals surface area contributed by atoms with Gasteiger partial charge in [-0.2, -0.15) is 0 Å². The Kier molecular flexibility index (Phi) is 5.31. The summed E-state index contributed by atoms with van der Waals surface area (Å²) in [5.41, 5.74) is 1.11. The predicted octanol–water partition coefficient (Wildman–Crippen LogP) is 2.44. The van der Waals surface area contributed by atoms with Crippen LogP contribution in [0.5, 0.6) is 0 Å². The Morgan fingerprint density at radius 2 is 1.95 bits per heavy atom. The van der Waals surface area contributed by atoms with E-state index in [0.29, 0.717) is 6.42 Å². The van der Waals surface area contributed by atoms with Gasteiger partial charge in [0, 0.05) is 37.8 Å². The molecular formula is C17H24N4O. The highest BCUT2D eigenvalue weighted by molar-refractivity contribution is 5.76. The van der Waals surface area contributed by atoms with Gasteiger partial charge in [0.25, 0.3) is 0 Å². The van der Waals surface area contributed by atoms with Crippen molar-refractivity contribution < 1.29 is 4.79 Å². The molecule has 0 unspecified atom stereocenters. The summed E-state index contributed by atoms with van der Waals surface area (Å²) >= 11 is 0. The monoisotopic (exact) mass is 300 g/mol. The molecule has 2 aromatic rings. The van der Waals surface area contributed by atoms with E-state index in [4.69, 9.17) is 0 Å². The normalized spacial score (nSPS) is 12.9. The standard InChI is InChI=1S/C17H24N4O/c1-17(2,3)15(12-21-11-10-19-13-21)20-16(22)5-4-14-6-8-18-9-7-14/h6-11,13,15H,4-5,12H2,1-3H3,(H,20,22)/t15-/m1/s1. The lowest BCUT2D eigenvalue weighted by Crippen LogP contribution is -2.46. The number of hydrogen-bond acceptors (Lipinski definition) is 3. The number of rotatable bonds is 6. The summed E-state index contributed by atoms with van der Waals surface area (Å²) in [4.78, 5) is 20.3. The molecule has 118 valence electrons. The van der Waals surface area contributed by atoms with E-state index < -0.39 is 0 Å². The maximum atomic E-state index is 12.3. The molecule has 5 nitrogen and oxygen atoms in total. The second-order valence-electron chi connectivity index (χ2n) is 6.60. The van der Waals surface area contributed by atoms with Crippen LogP contribution >= 0.6 is 0 Å². The molecule has 1 atom stereocenters. The molecule has 1 amide bonds. The Morgan fingerprint density at radius 3 is 2.55 bits per heavy atom. The van der Waals surface area contributed by atoms with Gasteiger partial charge >= 0.3 is 0 Å². The Morgan fingerprint density at radius 1 is 1.23 bits per heavy atom. The van der Waals surface area contributed by atoms with Crippen LogP contribution in [0.15, 0.2) is 43.2 Å². The smallest absolute Gasteiger partial charge is 0.220 e. The molecule has 0 aliphatic carbocycles. The molecule has 0 fully saturated rings. The van der Waals surface area contributed by atoms with E-state index in [1.807, 2.05) is 22.9 Å². The Bertz CT molecular complexity index is 572. The fourth-order valence-electron chi connectivity index (χ4n) is 2.22. The summed E-state index contributed by atoms with van der Waals surface area (Å²) in [6.45, 7) is 7.14. The Labute approximate surface area is 131 Å². The molecule has 22 heavy (non-hydrogen) atoms. The van der Waals surface area contributed by atoms with E-state index in [-0.39, 0.29) is 17.4 Å². The predicted molar refractivity (Wildman–Crippen MR) is 86.2 cm³/mol. The van der Waals surface area contributed by atoms with E-state index in [1.165, 1.54) is 0 Å². The molecule has 0 radical (unpaired) electrons. The van der Waals surface area contributed by atoms with Crippen molar-refractivity contribution in [2.75, 3.05) is 0 Å². The lowest BCUT2D eigenvalue weighted by Gasteiger charge is -2.31. The Hall–Kier alpha value is -2.17. The summed E-state index contributed by atoms with van der Waals surface area (Å²) in [6.07, 6.45) is 10.2. The molecule has 2 rings (SSSR count). The number of amides is 1. The van der Waals surface area contributed by atoms with Gasteiger partial charge in [-0.05, 0) is 29.5 Å². The topological polar surface area (TPSA) is 59.8 Å². The lowest BCUT2D eigenvalue weighted by molar-refractivity contribution is -0.122. The van der Waals surface area contributed by atoms with Gasteiger partial charge in [0.15, 0.2) is 0 Å². The zero-order valence-electron chi connectivity index (χ0n) is 13.5. The van der Waals surface area contributed by atoms with Crippen molar-refractivity contribution in [2.45, 2.75) is 46.2 Å². The summed E-state index contributed by atoms with van der Waals surface area (Å²) in [5.74, 6) is 0.0804. The van der Waals surface area contributed by atoms with Crippen molar-refractivity contribution in [3.8, 4) is 0 Å². The van der Waals surface area contributed by atoms with Crippen LogP contribution in [0.2, 0.25) is 0 Å². The van der Waals surface area contributed by atoms with Gasteiger partial charge in [-0.25, -0.2) is 4.98 Å². The molecule has 0 aliphatic rings. The van der Waals surface area contributed by atoms with Gasteiger partial charge in [-0.3, -0.25) is 9.78 Å². The number of imidazole rings is 1. The number of pyridine rings is 1. The van der Waals surface area contributed by atoms with Crippen LogP contribution in [0.25, 0.3) is 0 Å². The summed E-state index contributed by atoms with van der Waals surface area (Å²) in [7, 11) is 0. The van der Waals surface area contributed by atoms with Crippen molar-refractivity contribution in [1.82, 2.24) is 19.9 Å². The minimum absolute atomic E-state index is 0.0173. The highest BCUT2D eigenvalue weighted by Gasteiger charge is 2.26. The number of carbonyl (C=O) groups is 1. The van der Waals surface area contributed by atoms with E-state index in [0.717, 1.165) is 18.5 Å². The first-order valence-corrected chi connectivity index (χ1v) is 7.59. The third kappa shape index (κ3) is 4.98. The quantitative estimate of drug-likeness (QED) is 0.891. The van der Waals surface area contributed by atoms with E-state index in [2.05, 4.69) is 36.1 Å². The van der Waals surface area contributed by atoms with Gasteiger partial charge < -0.3 is 9.88 Å². The number of carbonyl (C=O) groups excluding carboxylic acids is 1. The zero-order chi connectivity index (χ0) is 16.0. The van der Waals surface area contributed by atoms with Crippen LogP contribution < -0.4 is 5.32 Å². The van der Waals surface area contributed by atoms with Crippen molar-refractivity contribution in [3.63, 3.8) is 0 Å². The minimum Gasteiger partial charge on any atom is -0.351 e. The van der Waals surface area contributed by atoms with Crippen LogP contribution in [0, 0.1) is 5.41 Å². The van der Waals surface area contributed by atoms with Crippen molar-refractivity contribution in [3.05, 3.63) is 48.8 Å². The number of aromatic nitrogens is 3. The number of nitrogens with one attached hydrogen (secondary N) is 1. The summed E-state index contributed by atoms with van der Waals surface area (Å²) < 4.78 is 2.00. The van der Waals surface area contributed by atoms with Crippen molar-refractivity contribution in [1.29, 1.82) is 0 Å². The molecule has 0 aromatic carbocycles. The molecule has 0 spiro atoms. The average Bonchev–Trinajstić information content (AvgIpc) is 2.98. The second kappa shape index (κ2) is 7.20. The van der Waals surface area contributed by atoms with Gasteiger partial charge in [-0.15, -0.1) is 0 Å². The van der Waals surface area contributed by atoms with E-state index in [9.17, 15) is 4.79 Å². The molecule has 5 heteroatoms. The van der Waals surface area contributed by atoms with Gasteiger partial charge in [0.2, 0.25) is 5.91 Å². The lowest BCUT2D eigenvalue weighted by atomic mass is 9.86. The molecule has 0 saturated heterocycles. The second-order valence-corrected chi connectivity index (χ2v) is 6.60. The van der Waals surface area contributed by atoms with Gasteiger partial charge in [0.1, 0.15) is 0 Å². The summed E-state index contributed by atoms with van der Waals surface area (Å²) in [5, 5.41) is 3.16. The number of nitrogens with zero attached hydrogens (tertiary/aromatic N) is 3. The van der Waals surface area contributed by atoms with Crippen LogP contribution in [0.3, 0.4) is 0 Å². The fraction of sp³-hybridized carbons (Fsp3) is 0.471. The van der Waals surface area contributed by atoms with Gasteiger partial charge in [0.05, 0.1) is 12.4 Å². The first-order chi connectivity index (χ1) is 10.4. The molecular weight excluding hydrogens is 276 g/mol. The van der Waals surface area contributed by atoms with Gasteiger partial charge in [-0.1, -0.05) is 20.8 Å². The maximum absolute atomic E-state index is 12.3. The number of hydrogen-bond donors (Lipinski definition) is 1. The summed E-state index contributed by atoms with van der Waals surface area (Å²) in [6, 6.07) is 3.95. The van der Waals surface area contributed by atoms with Crippen molar-refractivity contribution in [2.24, 2.45) is 5.41 Å². The molecule has 2 aromatic heterocycles. The number of aryl methyl sites for hydroxylation is 1. The minimum atomic E-state index is -0.0173. The van der Waals surface area contributed by atoms with E-state index >= 15 is 0 Å². The third-order valence-corrected chi connectivity index (χ3v) is 3.72. The zero-order valence-corrected chi connectivity index (χ0v) is 13.5. The maximum Gasteiger partial charge on any atom is 0.220 e. The average molecular weight is 300 g/mol. The molecule has 0 aliphatic heterocycles. The van der Waals surface area contributed by atoms with Crippen LogP contribution in [-0.4, -0.2) is 26.5 Å². The third-order valence-electron chi connectivity index (χ3n) is 3.72. The van der Waals surface area contributed by atoms with Crippen LogP contribution in [0.4, 0.5) is 0 Å². The highest BCUT2D eigenvalue weighted by atomic mass is 16.1. The SMILES string of the molecule is CC(C)(C)[C@@H](Cn1ccnc1)NC(=O)CCc1ccncc1. The molecule has 0 bridgehead atoms. The first-order valence-electron chi connectivity index (χ1n) is 7.59. The van der Waals surface area contributed by atoms with E-state index in [1.54, 1.807) is 24.9 Å². The van der Waals surface area contributed by atoms with Crippen LogP contribution in [-0.2, 0) is 17.8 Å². The fourth-order valence-corrected chi connectivity index (χ4v) is 2.22. The Balaban J connectivity index is 1.90. The molecule has 0 saturated carbocycles. The largest absolute Gasteiger partial charge is 0.351 e. The molecule has 2 heterocycles. The first kappa shape index (κ1) is 16.2. The molecule has 1 N–H and O–H groups in total. The highest BCUT2D eigenvalue weighted by Crippen LogP contribution is 2.21.